The molecule has 2 N–H and O–H groups in total. The second-order valence-corrected chi connectivity index (χ2v) is 5.12. The molecule has 1 aromatic rings. The molecule has 4 heteroatoms. The van der Waals surface area contributed by atoms with Crippen molar-refractivity contribution in [2.75, 3.05) is 6.54 Å². The summed E-state index contributed by atoms with van der Waals surface area (Å²) < 4.78 is 5.59. The van der Waals surface area contributed by atoms with Gasteiger partial charge in [-0.05, 0) is 17.5 Å². The first-order chi connectivity index (χ1) is 9.11. The Morgan fingerprint density at radius 1 is 1.53 bits per heavy atom. The first-order valence-electron chi connectivity index (χ1n) is 6.82. The average Bonchev–Trinajstić information content (AvgIpc) is 2.87. The van der Waals surface area contributed by atoms with Gasteiger partial charge in [0.15, 0.2) is 6.10 Å². The minimum Gasteiger partial charge on any atom is -0.480 e. The second kappa shape index (κ2) is 6.06. The van der Waals surface area contributed by atoms with Gasteiger partial charge in [0, 0.05) is 13.0 Å². The van der Waals surface area contributed by atoms with Gasteiger partial charge in [-0.3, -0.25) is 4.79 Å². The lowest BCUT2D eigenvalue weighted by Crippen LogP contribution is -2.42. The lowest BCUT2D eigenvalue weighted by molar-refractivity contribution is -0.127. The number of para-hydroxylation sites is 1. The van der Waals surface area contributed by atoms with Crippen molar-refractivity contribution >= 4 is 5.91 Å². The van der Waals surface area contributed by atoms with Crippen LogP contribution < -0.4 is 10.1 Å². The Labute approximate surface area is 113 Å². The van der Waals surface area contributed by atoms with Crippen molar-refractivity contribution in [2.45, 2.75) is 38.9 Å². The number of amides is 1. The van der Waals surface area contributed by atoms with Gasteiger partial charge in [-0.15, -0.1) is 0 Å². The van der Waals surface area contributed by atoms with E-state index < -0.39 is 12.2 Å². The van der Waals surface area contributed by atoms with Gasteiger partial charge in [0.1, 0.15) is 5.75 Å². The molecule has 1 aromatic carbocycles. The largest absolute Gasteiger partial charge is 0.480 e. The average molecular weight is 263 g/mol. The van der Waals surface area contributed by atoms with Crippen LogP contribution in [0.3, 0.4) is 0 Å². The molecule has 0 aliphatic carbocycles. The maximum absolute atomic E-state index is 12.0. The minimum absolute atomic E-state index is 0.154. The highest BCUT2D eigenvalue weighted by molar-refractivity contribution is 5.82. The minimum atomic E-state index is -0.502. The summed E-state index contributed by atoms with van der Waals surface area (Å²) in [4.78, 5) is 12.0. The molecule has 0 fully saturated rings. The molecular weight excluding hydrogens is 242 g/mol. The third-order valence-corrected chi connectivity index (χ3v) is 3.73. The van der Waals surface area contributed by atoms with Crippen LogP contribution in [-0.4, -0.2) is 29.8 Å². The number of hydrogen-bond donors (Lipinski definition) is 2. The van der Waals surface area contributed by atoms with Gasteiger partial charge in [0.05, 0.1) is 6.10 Å². The van der Waals surface area contributed by atoms with Crippen LogP contribution in [0.25, 0.3) is 0 Å². The number of benzene rings is 1. The van der Waals surface area contributed by atoms with Crippen LogP contribution in [0.15, 0.2) is 24.3 Å². The normalized spacial score (nSPS) is 20.3. The van der Waals surface area contributed by atoms with Crippen LogP contribution in [0.5, 0.6) is 5.75 Å². The standard InChI is InChI=1S/C15H21NO3/c1-3-10(2)12(17)9-16-15(18)14-8-11-6-4-5-7-13(11)19-14/h4-7,10,12,14,17H,3,8-9H2,1-2H3,(H,16,18). The summed E-state index contributed by atoms with van der Waals surface area (Å²) in [6.45, 7) is 4.27. The van der Waals surface area contributed by atoms with Gasteiger partial charge >= 0.3 is 0 Å². The molecule has 0 saturated heterocycles. The lowest BCUT2D eigenvalue weighted by atomic mass is 10.0. The summed E-state index contributed by atoms with van der Waals surface area (Å²) in [7, 11) is 0. The summed E-state index contributed by atoms with van der Waals surface area (Å²) in [5.41, 5.74) is 1.06. The number of aliphatic hydroxyl groups excluding tert-OH is 1. The van der Waals surface area contributed by atoms with E-state index >= 15 is 0 Å². The third kappa shape index (κ3) is 3.26. The van der Waals surface area contributed by atoms with E-state index in [4.69, 9.17) is 4.74 Å². The molecule has 3 atom stereocenters. The van der Waals surface area contributed by atoms with Crippen LogP contribution in [0, 0.1) is 5.92 Å². The SMILES string of the molecule is CCC(C)C(O)CNC(=O)C1Cc2ccccc2O1. The highest BCUT2D eigenvalue weighted by Crippen LogP contribution is 2.28. The van der Waals surface area contributed by atoms with Crippen molar-refractivity contribution in [3.05, 3.63) is 29.8 Å². The summed E-state index contributed by atoms with van der Waals surface area (Å²) in [6, 6.07) is 7.67. The van der Waals surface area contributed by atoms with Gasteiger partial charge in [-0.25, -0.2) is 0 Å². The number of carbonyl (C=O) groups excluding carboxylic acids is 1. The molecule has 4 nitrogen and oxygen atoms in total. The van der Waals surface area contributed by atoms with Gasteiger partial charge in [-0.2, -0.15) is 0 Å². The molecule has 0 spiro atoms. The molecule has 3 unspecified atom stereocenters. The molecule has 1 aliphatic rings. The van der Waals surface area contributed by atoms with Gasteiger partial charge < -0.3 is 15.2 Å². The predicted molar refractivity (Wildman–Crippen MR) is 73.0 cm³/mol. The van der Waals surface area contributed by atoms with Crippen LogP contribution in [-0.2, 0) is 11.2 Å². The van der Waals surface area contributed by atoms with E-state index in [9.17, 15) is 9.90 Å². The molecule has 104 valence electrons. The summed E-state index contributed by atoms with van der Waals surface area (Å²) >= 11 is 0. The predicted octanol–water partition coefficient (Wildman–Crippen LogP) is 1.51. The van der Waals surface area contributed by atoms with Gasteiger partial charge in [-0.1, -0.05) is 38.5 Å². The highest BCUT2D eigenvalue weighted by atomic mass is 16.5. The lowest BCUT2D eigenvalue weighted by Gasteiger charge is -2.18. The van der Waals surface area contributed by atoms with E-state index in [0.29, 0.717) is 6.42 Å². The Hall–Kier alpha value is -1.55. The van der Waals surface area contributed by atoms with E-state index in [1.807, 2.05) is 38.1 Å². The number of nitrogens with one attached hydrogen (secondary N) is 1. The van der Waals surface area contributed by atoms with Crippen LogP contribution >= 0.6 is 0 Å². The summed E-state index contributed by atoms with van der Waals surface area (Å²) in [5.74, 6) is 0.811. The van der Waals surface area contributed by atoms with Gasteiger partial charge in [0.25, 0.3) is 5.91 Å². The fraction of sp³-hybridized carbons (Fsp3) is 0.533. The molecule has 0 radical (unpaired) electrons. The molecule has 1 heterocycles. The zero-order chi connectivity index (χ0) is 13.8. The molecule has 0 bridgehead atoms. The Bertz CT molecular complexity index is 422. The Morgan fingerprint density at radius 2 is 2.26 bits per heavy atom. The summed E-state index contributed by atoms with van der Waals surface area (Å²) in [5, 5.41) is 12.6. The number of carbonyl (C=O) groups is 1. The van der Waals surface area contributed by atoms with Crippen molar-refractivity contribution in [3.8, 4) is 5.75 Å². The molecular formula is C15H21NO3. The molecule has 1 amide bonds. The smallest absolute Gasteiger partial charge is 0.261 e. The van der Waals surface area contributed by atoms with E-state index in [2.05, 4.69) is 5.32 Å². The highest BCUT2D eigenvalue weighted by Gasteiger charge is 2.29. The maximum Gasteiger partial charge on any atom is 0.261 e. The monoisotopic (exact) mass is 263 g/mol. The molecule has 2 rings (SSSR count). The van der Waals surface area contributed by atoms with Gasteiger partial charge in [0.2, 0.25) is 0 Å². The van der Waals surface area contributed by atoms with E-state index in [1.54, 1.807) is 0 Å². The van der Waals surface area contributed by atoms with Crippen LogP contribution in [0.2, 0.25) is 0 Å². The van der Waals surface area contributed by atoms with Crippen molar-refractivity contribution in [3.63, 3.8) is 0 Å². The van der Waals surface area contributed by atoms with Crippen molar-refractivity contribution in [1.82, 2.24) is 5.32 Å². The number of fused-ring (bicyclic) bond motifs is 1. The van der Waals surface area contributed by atoms with Crippen molar-refractivity contribution in [2.24, 2.45) is 5.92 Å². The fourth-order valence-corrected chi connectivity index (χ4v) is 2.12. The Balaban J connectivity index is 1.83. The molecule has 1 aliphatic heterocycles. The molecule has 0 saturated carbocycles. The Kier molecular flexibility index (Phi) is 4.43. The number of ether oxygens (including phenoxy) is 1. The van der Waals surface area contributed by atoms with Crippen LogP contribution in [0.1, 0.15) is 25.8 Å². The number of hydrogen-bond acceptors (Lipinski definition) is 3. The van der Waals surface area contributed by atoms with Crippen molar-refractivity contribution < 1.29 is 14.6 Å². The first-order valence-corrected chi connectivity index (χ1v) is 6.82. The topological polar surface area (TPSA) is 58.6 Å². The maximum atomic E-state index is 12.0. The van der Waals surface area contributed by atoms with Crippen molar-refractivity contribution in [1.29, 1.82) is 0 Å². The number of rotatable bonds is 5. The summed E-state index contributed by atoms with van der Waals surface area (Å²) in [6.07, 6.45) is 0.517. The second-order valence-electron chi connectivity index (χ2n) is 5.12. The third-order valence-electron chi connectivity index (χ3n) is 3.73. The van der Waals surface area contributed by atoms with E-state index in [-0.39, 0.29) is 18.4 Å². The Morgan fingerprint density at radius 3 is 2.95 bits per heavy atom. The van der Waals surface area contributed by atoms with E-state index in [1.165, 1.54) is 0 Å². The van der Waals surface area contributed by atoms with Crippen LogP contribution in [0.4, 0.5) is 0 Å². The molecule has 0 aromatic heterocycles. The first kappa shape index (κ1) is 13.9. The zero-order valence-corrected chi connectivity index (χ0v) is 11.4. The quantitative estimate of drug-likeness (QED) is 0.846. The fourth-order valence-electron chi connectivity index (χ4n) is 2.12. The zero-order valence-electron chi connectivity index (χ0n) is 11.4. The number of aliphatic hydroxyl groups is 1. The van der Waals surface area contributed by atoms with E-state index in [0.717, 1.165) is 17.7 Å². The molecule has 19 heavy (non-hydrogen) atoms.